The minimum atomic E-state index is -0.0991. The van der Waals surface area contributed by atoms with Gasteiger partial charge < -0.3 is 0 Å². The van der Waals surface area contributed by atoms with E-state index < -0.39 is 0 Å². The van der Waals surface area contributed by atoms with E-state index in [-0.39, 0.29) is 7.92 Å². The van der Waals surface area contributed by atoms with E-state index in [1.54, 1.807) is 0 Å². The Morgan fingerprint density at radius 1 is 0.750 bits per heavy atom. The molecule has 0 saturated carbocycles. The van der Waals surface area contributed by atoms with Gasteiger partial charge in [0, 0.05) is 9.75 Å². The van der Waals surface area contributed by atoms with Gasteiger partial charge in [-0.2, -0.15) is 0 Å². The summed E-state index contributed by atoms with van der Waals surface area (Å²) in [7, 11) is -0.0991. The lowest BCUT2D eigenvalue weighted by Crippen LogP contribution is -1.98. The van der Waals surface area contributed by atoms with E-state index in [1.165, 1.54) is 26.2 Å². The zero-order valence-electron chi connectivity index (χ0n) is 11.7. The van der Waals surface area contributed by atoms with E-state index in [4.69, 9.17) is 0 Å². The first-order valence-electron chi connectivity index (χ1n) is 6.67. The van der Waals surface area contributed by atoms with Gasteiger partial charge in [0.1, 0.15) is 0 Å². The molecule has 0 aliphatic carbocycles. The summed E-state index contributed by atoms with van der Waals surface area (Å²) in [4.78, 5) is 2.80. The molecule has 3 aromatic rings. The van der Waals surface area contributed by atoms with Crippen molar-refractivity contribution >= 4 is 24.6 Å². The molecule has 0 amide bonds. The lowest BCUT2D eigenvalue weighted by molar-refractivity contribution is 1.70. The molecule has 0 nitrogen and oxygen atoms in total. The van der Waals surface area contributed by atoms with E-state index >= 15 is 0 Å². The lowest BCUT2D eigenvalue weighted by Gasteiger charge is -2.06. The van der Waals surface area contributed by atoms with Gasteiger partial charge in [-0.15, -0.1) is 11.3 Å². The molecule has 0 aliphatic rings. The topological polar surface area (TPSA) is 0 Å². The van der Waals surface area contributed by atoms with E-state index in [0.717, 1.165) is 0 Å². The monoisotopic (exact) mass is 296 g/mol. The minimum Gasteiger partial charge on any atom is -0.135 e. The van der Waals surface area contributed by atoms with Gasteiger partial charge in [0.2, 0.25) is 0 Å². The van der Waals surface area contributed by atoms with Crippen molar-refractivity contribution in [3.05, 3.63) is 66.7 Å². The van der Waals surface area contributed by atoms with Gasteiger partial charge in [-0.25, -0.2) is 0 Å². The van der Waals surface area contributed by atoms with Gasteiger partial charge in [0.25, 0.3) is 0 Å². The van der Waals surface area contributed by atoms with E-state index in [2.05, 4.69) is 80.1 Å². The quantitative estimate of drug-likeness (QED) is 0.564. The zero-order chi connectivity index (χ0) is 13.9. The van der Waals surface area contributed by atoms with Crippen LogP contribution in [-0.2, 0) is 0 Å². The molecule has 2 aromatic carbocycles. The Morgan fingerprint density at radius 2 is 1.30 bits per heavy atom. The molecule has 20 heavy (non-hydrogen) atoms. The van der Waals surface area contributed by atoms with Crippen LogP contribution in [0.25, 0.3) is 20.9 Å². The van der Waals surface area contributed by atoms with Crippen molar-refractivity contribution in [1.29, 1.82) is 0 Å². The zero-order valence-corrected chi connectivity index (χ0v) is 13.4. The summed E-state index contributed by atoms with van der Waals surface area (Å²) < 4.78 is 0. The van der Waals surface area contributed by atoms with Gasteiger partial charge >= 0.3 is 0 Å². The van der Waals surface area contributed by atoms with Crippen molar-refractivity contribution in [3.8, 4) is 20.9 Å². The molecule has 0 radical (unpaired) electrons. The number of hydrogen-bond acceptors (Lipinski definition) is 1. The molecule has 2 heteroatoms. The van der Waals surface area contributed by atoms with Crippen LogP contribution in [0.2, 0.25) is 0 Å². The number of hydrogen-bond donors (Lipinski definition) is 0. The van der Waals surface area contributed by atoms with Crippen LogP contribution in [0.1, 0.15) is 0 Å². The molecule has 1 aromatic heterocycles. The summed E-state index contributed by atoms with van der Waals surface area (Å²) in [5.74, 6) is 0. The fraction of sp³-hybridized carbons (Fsp3) is 0.111. The highest BCUT2D eigenvalue weighted by Gasteiger charge is 2.14. The third-order valence-electron chi connectivity index (χ3n) is 3.29. The first-order valence-corrected chi connectivity index (χ1v) is 9.73. The van der Waals surface area contributed by atoms with E-state index in [0.29, 0.717) is 0 Å². The maximum atomic E-state index is 2.38. The van der Waals surface area contributed by atoms with Gasteiger partial charge in [0.05, 0.1) is 0 Å². The van der Waals surface area contributed by atoms with Crippen molar-refractivity contribution in [2.45, 2.75) is 0 Å². The summed E-state index contributed by atoms with van der Waals surface area (Å²) in [5.41, 5.74) is 2.66. The first-order chi connectivity index (χ1) is 9.75. The molecule has 0 saturated heterocycles. The standard InChI is InChI=1S/C18H17PS/c1-19(2)16-13-17(14-9-5-3-6-10-14)20-18(16)15-11-7-4-8-12-15/h3-13H,1-2H3. The number of rotatable bonds is 3. The van der Waals surface area contributed by atoms with Crippen LogP contribution in [0, 0.1) is 0 Å². The fourth-order valence-corrected chi connectivity index (χ4v) is 5.02. The van der Waals surface area contributed by atoms with Crippen LogP contribution in [-0.4, -0.2) is 13.3 Å². The van der Waals surface area contributed by atoms with E-state index in [9.17, 15) is 0 Å². The molecular weight excluding hydrogens is 279 g/mol. The van der Waals surface area contributed by atoms with Crippen LogP contribution in [0.15, 0.2) is 66.7 Å². The molecule has 0 atom stereocenters. The van der Waals surface area contributed by atoms with E-state index in [1.807, 2.05) is 11.3 Å². The smallest absolute Gasteiger partial charge is 0.0425 e. The largest absolute Gasteiger partial charge is 0.135 e. The average molecular weight is 296 g/mol. The second-order valence-corrected chi connectivity index (χ2v) is 8.27. The number of thiophene rings is 1. The molecule has 1 heterocycles. The summed E-state index contributed by atoms with van der Waals surface area (Å²) in [6.45, 7) is 4.66. The normalized spacial score (nSPS) is 10.9. The molecule has 100 valence electrons. The number of benzene rings is 2. The molecular formula is C18H17PS. The predicted molar refractivity (Wildman–Crippen MR) is 93.6 cm³/mol. The van der Waals surface area contributed by atoms with Gasteiger partial charge in [-0.3, -0.25) is 0 Å². The van der Waals surface area contributed by atoms with Gasteiger partial charge in [-0.1, -0.05) is 68.6 Å². The fourth-order valence-electron chi connectivity index (χ4n) is 2.25. The molecule has 0 N–H and O–H groups in total. The summed E-state index contributed by atoms with van der Waals surface area (Å²) in [5, 5.41) is 1.51. The predicted octanol–water partition coefficient (Wildman–Crippen LogP) is 5.45. The average Bonchev–Trinajstić information content (AvgIpc) is 2.94. The summed E-state index contributed by atoms with van der Waals surface area (Å²) >= 11 is 1.91. The third kappa shape index (κ3) is 2.70. The Morgan fingerprint density at radius 3 is 1.85 bits per heavy atom. The Labute approximate surface area is 125 Å². The maximum Gasteiger partial charge on any atom is 0.0425 e. The summed E-state index contributed by atoms with van der Waals surface area (Å²) in [6.07, 6.45) is 0. The van der Waals surface area contributed by atoms with Crippen molar-refractivity contribution < 1.29 is 0 Å². The second-order valence-electron chi connectivity index (χ2n) is 4.95. The molecule has 0 spiro atoms. The van der Waals surface area contributed by atoms with Crippen LogP contribution in [0.3, 0.4) is 0 Å². The molecule has 0 unspecified atom stereocenters. The summed E-state index contributed by atoms with van der Waals surface area (Å²) in [6, 6.07) is 23.8. The Balaban J connectivity index is 2.13. The van der Waals surface area contributed by atoms with Crippen molar-refractivity contribution in [3.63, 3.8) is 0 Å². The molecule has 0 fully saturated rings. The maximum absolute atomic E-state index is 2.38. The minimum absolute atomic E-state index is 0.0991. The lowest BCUT2D eigenvalue weighted by atomic mass is 10.1. The Kier molecular flexibility index (Phi) is 4.00. The molecule has 3 rings (SSSR count). The highest BCUT2D eigenvalue weighted by molar-refractivity contribution is 7.65. The van der Waals surface area contributed by atoms with Crippen LogP contribution < -0.4 is 5.30 Å². The Hall–Kier alpha value is -1.43. The van der Waals surface area contributed by atoms with Gasteiger partial charge in [0.15, 0.2) is 0 Å². The highest BCUT2D eigenvalue weighted by atomic mass is 32.1. The third-order valence-corrected chi connectivity index (χ3v) is 5.99. The van der Waals surface area contributed by atoms with Crippen LogP contribution in [0.5, 0.6) is 0 Å². The van der Waals surface area contributed by atoms with Crippen molar-refractivity contribution in [2.75, 3.05) is 13.3 Å². The van der Waals surface area contributed by atoms with Gasteiger partial charge in [-0.05, 0) is 35.8 Å². The van der Waals surface area contributed by atoms with Crippen molar-refractivity contribution in [1.82, 2.24) is 0 Å². The van der Waals surface area contributed by atoms with Crippen LogP contribution in [0.4, 0.5) is 0 Å². The first kappa shape index (κ1) is 13.5. The SMILES string of the molecule is CP(C)c1cc(-c2ccccc2)sc1-c1ccccc1. The van der Waals surface area contributed by atoms with Crippen LogP contribution >= 0.6 is 19.3 Å². The van der Waals surface area contributed by atoms with Crippen molar-refractivity contribution in [2.24, 2.45) is 0 Å². The molecule has 0 bridgehead atoms. The molecule has 0 aliphatic heterocycles. The second kappa shape index (κ2) is 5.91. The highest BCUT2D eigenvalue weighted by Crippen LogP contribution is 2.40. The Bertz CT molecular complexity index is 684.